The summed E-state index contributed by atoms with van der Waals surface area (Å²) in [5.74, 6) is -2.05. The van der Waals surface area contributed by atoms with E-state index in [1.54, 1.807) is 39.8 Å². The van der Waals surface area contributed by atoms with E-state index in [0.717, 1.165) is 16.2 Å². The number of amides is 3. The Bertz CT molecular complexity index is 1650. The zero-order valence-electron chi connectivity index (χ0n) is 22.5. The smallest absolute Gasteiger partial charge is 0.404 e. The number of β-lactam (4-membered cyclic amide) rings is 1. The SMILES string of the molecule is CCO/N=C(\C(=O)N[C@@H]1C(=O)N2C(C(=O)[O-])=C(C[n+]3ccn4nc(SCCOC(N)=O)ccc43)CS[C@H]12)c1csc(N)n1. The van der Waals surface area contributed by atoms with Crippen LogP contribution in [0.25, 0.3) is 5.65 Å². The molecule has 3 aromatic heterocycles. The molecule has 2 atom stereocenters. The highest BCUT2D eigenvalue weighted by atomic mass is 32.2. The van der Waals surface area contributed by atoms with Gasteiger partial charge in [-0.05, 0) is 13.0 Å². The van der Waals surface area contributed by atoms with Gasteiger partial charge in [-0.3, -0.25) is 14.5 Å². The predicted octanol–water partition coefficient (Wildman–Crippen LogP) is -1.31. The molecule has 3 amide bonds. The zero-order valence-corrected chi connectivity index (χ0v) is 24.9. The number of primary amides is 1. The van der Waals surface area contributed by atoms with E-state index in [0.29, 0.717) is 22.0 Å². The lowest BCUT2D eigenvalue weighted by Gasteiger charge is -2.50. The minimum atomic E-state index is -1.49. The Balaban J connectivity index is 1.30. The highest BCUT2D eigenvalue weighted by molar-refractivity contribution is 8.00. The summed E-state index contributed by atoms with van der Waals surface area (Å²) in [6.07, 6.45) is 2.62. The number of oxime groups is 1. The highest BCUT2D eigenvalue weighted by Crippen LogP contribution is 2.40. The number of nitrogens with two attached hydrogens (primary N) is 2. The number of nitrogens with zero attached hydrogens (tertiary/aromatic N) is 6. The van der Waals surface area contributed by atoms with Crippen LogP contribution in [0, 0.1) is 0 Å². The normalized spacial score (nSPS) is 18.3. The van der Waals surface area contributed by atoms with Gasteiger partial charge in [-0.2, -0.15) is 0 Å². The number of rotatable bonds is 12. The molecule has 0 spiro atoms. The predicted molar refractivity (Wildman–Crippen MR) is 153 cm³/mol. The fourth-order valence-corrected chi connectivity index (χ4v) is 6.98. The van der Waals surface area contributed by atoms with Crippen LogP contribution in [0.5, 0.6) is 0 Å². The standard InChI is InChI=1S/C24H25N9O7S3/c1-2-40-30-16(13-11-43-23(25)27-13)19(34)28-17-20(35)33-18(22(36)37)12(10-42-21(17)33)9-31-5-6-32-15(31)4-3-14(29-32)41-8-7-39-24(26)38/h3-6,11,17,21H,2,7-10H2,1H3,(H5-,25,26,27,28,34,36,37,38)/b30-16-/t17-,21-/m1/s1. The molecule has 16 nitrogen and oxygen atoms in total. The van der Waals surface area contributed by atoms with Crippen LogP contribution in [-0.4, -0.2) is 85.2 Å². The molecule has 2 aliphatic rings. The van der Waals surface area contributed by atoms with E-state index in [1.807, 2.05) is 6.07 Å². The van der Waals surface area contributed by atoms with Gasteiger partial charge in [-0.15, -0.1) is 27.6 Å². The van der Waals surface area contributed by atoms with E-state index in [2.05, 4.69) is 20.6 Å². The number of anilines is 1. The number of hydrogen-bond donors (Lipinski definition) is 3. The molecule has 0 radical (unpaired) electrons. The molecule has 0 unspecified atom stereocenters. The minimum Gasteiger partial charge on any atom is -0.543 e. The molecule has 0 bridgehead atoms. The molecule has 5 heterocycles. The van der Waals surface area contributed by atoms with E-state index in [-0.39, 0.29) is 47.7 Å². The summed E-state index contributed by atoms with van der Waals surface area (Å²) in [6.45, 7) is 2.21. The molecule has 0 saturated carbocycles. The number of thioether (sulfide) groups is 2. The Morgan fingerprint density at radius 3 is 2.86 bits per heavy atom. The van der Waals surface area contributed by atoms with Gasteiger partial charge in [0, 0.05) is 28.5 Å². The number of ether oxygens (including phenoxy) is 1. The second kappa shape index (κ2) is 12.9. The van der Waals surface area contributed by atoms with Gasteiger partial charge in [0.2, 0.25) is 0 Å². The van der Waals surface area contributed by atoms with Gasteiger partial charge >= 0.3 is 11.7 Å². The number of nitrogens with one attached hydrogen (secondary N) is 1. The molecular formula is C24H25N9O7S3. The van der Waals surface area contributed by atoms with Gasteiger partial charge in [0.25, 0.3) is 11.8 Å². The molecule has 226 valence electrons. The maximum Gasteiger partial charge on any atom is 0.404 e. The topological polar surface area (TPSA) is 224 Å². The molecule has 3 aromatic rings. The quantitative estimate of drug-likeness (QED) is 0.0521. The number of carboxylic acid groups (broad SMARTS) is 1. The average Bonchev–Trinajstić information content (AvgIpc) is 3.59. The van der Waals surface area contributed by atoms with E-state index >= 15 is 0 Å². The monoisotopic (exact) mass is 647 g/mol. The number of aliphatic carboxylic acids is 1. The zero-order chi connectivity index (χ0) is 30.7. The van der Waals surface area contributed by atoms with Gasteiger partial charge in [-0.25, -0.2) is 14.3 Å². The van der Waals surface area contributed by atoms with E-state index < -0.39 is 35.3 Å². The van der Waals surface area contributed by atoms with Crippen LogP contribution in [0.3, 0.4) is 0 Å². The number of thiazole rings is 1. The third-order valence-corrected chi connectivity index (χ3v) is 9.13. The second-order valence-electron chi connectivity index (χ2n) is 8.95. The Morgan fingerprint density at radius 2 is 2.16 bits per heavy atom. The Kier molecular flexibility index (Phi) is 9.02. The van der Waals surface area contributed by atoms with Crippen molar-refractivity contribution in [3.8, 4) is 0 Å². The number of hydrogen-bond acceptors (Lipinski definition) is 14. The Hall–Kier alpha value is -4.36. The first-order chi connectivity index (χ1) is 20.7. The van der Waals surface area contributed by atoms with Crippen LogP contribution < -0.4 is 26.5 Å². The van der Waals surface area contributed by atoms with Crippen molar-refractivity contribution in [1.29, 1.82) is 0 Å². The number of carboxylic acids is 1. The first-order valence-electron chi connectivity index (χ1n) is 12.7. The number of nitrogen functional groups attached to an aromatic ring is 1. The van der Waals surface area contributed by atoms with Gasteiger partial charge < -0.3 is 36.3 Å². The van der Waals surface area contributed by atoms with Gasteiger partial charge in [0.15, 0.2) is 17.0 Å². The van der Waals surface area contributed by atoms with Crippen molar-refractivity contribution in [1.82, 2.24) is 24.8 Å². The van der Waals surface area contributed by atoms with Crippen LogP contribution in [-0.2, 0) is 30.5 Å². The minimum absolute atomic E-state index is 0.146. The van der Waals surface area contributed by atoms with E-state index in [1.165, 1.54) is 23.5 Å². The fourth-order valence-electron chi connectivity index (χ4n) is 4.41. The Morgan fingerprint density at radius 1 is 1.35 bits per heavy atom. The average molecular weight is 648 g/mol. The highest BCUT2D eigenvalue weighted by Gasteiger charge is 2.53. The van der Waals surface area contributed by atoms with Crippen molar-refractivity contribution in [2.75, 3.05) is 30.5 Å². The van der Waals surface area contributed by atoms with Crippen molar-refractivity contribution < 1.29 is 38.4 Å². The molecule has 5 rings (SSSR count). The molecule has 1 saturated heterocycles. The lowest BCUT2D eigenvalue weighted by Crippen LogP contribution is -2.71. The van der Waals surface area contributed by atoms with Gasteiger partial charge in [0.05, 0.1) is 11.7 Å². The van der Waals surface area contributed by atoms with Crippen LogP contribution in [0.1, 0.15) is 12.6 Å². The van der Waals surface area contributed by atoms with Gasteiger partial charge in [-0.1, -0.05) is 22.0 Å². The summed E-state index contributed by atoms with van der Waals surface area (Å²) in [6, 6.07) is 2.61. The van der Waals surface area contributed by atoms with Crippen molar-refractivity contribution in [2.24, 2.45) is 10.9 Å². The van der Waals surface area contributed by atoms with Crippen LogP contribution >= 0.6 is 34.9 Å². The molecule has 0 aromatic carbocycles. The van der Waals surface area contributed by atoms with Crippen molar-refractivity contribution in [3.63, 3.8) is 0 Å². The molecule has 2 aliphatic heterocycles. The summed E-state index contributed by atoms with van der Waals surface area (Å²) in [7, 11) is 0. The van der Waals surface area contributed by atoms with Crippen molar-refractivity contribution >= 4 is 75.2 Å². The molecule has 43 heavy (non-hydrogen) atoms. The fraction of sp³-hybridized carbons (Fsp3) is 0.333. The summed E-state index contributed by atoms with van der Waals surface area (Å²) in [5, 5.41) is 25.0. The number of fused-ring (bicyclic) bond motifs is 2. The van der Waals surface area contributed by atoms with Crippen LogP contribution in [0.2, 0.25) is 0 Å². The van der Waals surface area contributed by atoms with Crippen molar-refractivity contribution in [2.45, 2.75) is 29.9 Å². The maximum atomic E-state index is 13.2. The molecule has 19 heteroatoms. The summed E-state index contributed by atoms with van der Waals surface area (Å²) < 4.78 is 8.15. The Labute approximate surface area is 256 Å². The summed E-state index contributed by atoms with van der Waals surface area (Å²) in [5.41, 5.74) is 11.6. The third-order valence-electron chi connectivity index (χ3n) is 6.23. The molecule has 5 N–H and O–H groups in total. The summed E-state index contributed by atoms with van der Waals surface area (Å²) in [4.78, 5) is 59.5. The van der Waals surface area contributed by atoms with Gasteiger partial charge in [0.1, 0.15) is 48.1 Å². The van der Waals surface area contributed by atoms with E-state index in [4.69, 9.17) is 21.0 Å². The lowest BCUT2D eigenvalue weighted by atomic mass is 10.0. The third kappa shape index (κ3) is 6.37. The molecule has 0 aliphatic carbocycles. The van der Waals surface area contributed by atoms with Crippen LogP contribution in [0.15, 0.2) is 51.4 Å². The van der Waals surface area contributed by atoms with Crippen LogP contribution in [0.4, 0.5) is 9.93 Å². The lowest BCUT2D eigenvalue weighted by molar-refractivity contribution is -0.662. The first-order valence-corrected chi connectivity index (χ1v) is 15.6. The second-order valence-corrected chi connectivity index (χ2v) is 12.1. The summed E-state index contributed by atoms with van der Waals surface area (Å²) >= 11 is 3.81. The first kappa shape index (κ1) is 30.1. The number of carbonyl (C=O) groups excluding carboxylic acids is 4. The largest absolute Gasteiger partial charge is 0.543 e. The number of imidazole rings is 1. The van der Waals surface area contributed by atoms with Crippen molar-refractivity contribution in [3.05, 3.63) is 46.9 Å². The van der Waals surface area contributed by atoms with E-state index in [9.17, 15) is 24.3 Å². The maximum absolute atomic E-state index is 13.2. The number of aromatic nitrogens is 4. The number of carbonyl (C=O) groups is 4. The molecule has 1 fully saturated rings. The molecular weight excluding hydrogens is 623 g/mol.